The number of carbonyl (C=O) groups excluding carboxylic acids is 2. The highest BCUT2D eigenvalue weighted by atomic mass is 79.9. The maximum atomic E-state index is 13.3. The number of aromatic carboxylic acids is 1. The molecule has 0 bridgehead atoms. The predicted molar refractivity (Wildman–Crippen MR) is 157 cm³/mol. The number of benzene rings is 4. The fourth-order valence-corrected chi connectivity index (χ4v) is 5.78. The smallest absolute Gasteiger partial charge is 0.335 e. The quantitative estimate of drug-likeness (QED) is 0.207. The minimum atomic E-state index is -1.03. The molecule has 1 aliphatic carbocycles. The monoisotopic (exact) mass is 611 g/mol. The van der Waals surface area contributed by atoms with Gasteiger partial charge in [0.2, 0.25) is 11.7 Å². The van der Waals surface area contributed by atoms with E-state index in [1.807, 2.05) is 48.5 Å². The van der Waals surface area contributed by atoms with Gasteiger partial charge in [-0.2, -0.15) is 5.26 Å². The summed E-state index contributed by atoms with van der Waals surface area (Å²) in [6.45, 7) is 0.393. The molecule has 0 aromatic heterocycles. The molecule has 0 heterocycles. The van der Waals surface area contributed by atoms with Crippen LogP contribution in [0.2, 0.25) is 0 Å². The van der Waals surface area contributed by atoms with Gasteiger partial charge in [0.25, 0.3) is 0 Å². The lowest BCUT2D eigenvalue weighted by atomic mass is 9.86. The number of hydrogen-bond acceptors (Lipinski definition) is 6. The zero-order valence-electron chi connectivity index (χ0n) is 21.0. The van der Waals surface area contributed by atoms with Crippen LogP contribution in [-0.2, 0) is 11.3 Å². The van der Waals surface area contributed by atoms with Crippen molar-refractivity contribution in [3.05, 3.63) is 111 Å². The molecule has 0 aliphatic heterocycles. The number of carboxylic acids is 1. The first-order chi connectivity index (χ1) is 19.4. The molecule has 9 heteroatoms. The summed E-state index contributed by atoms with van der Waals surface area (Å²) in [5, 5.41) is 26.6. The van der Waals surface area contributed by atoms with Gasteiger partial charge in [-0.3, -0.25) is 9.59 Å². The summed E-state index contributed by atoms with van der Waals surface area (Å²) in [4.78, 5) is 39.0. The molecule has 0 unspecified atom stereocenters. The Morgan fingerprint density at radius 2 is 1.75 bits per heavy atom. The van der Waals surface area contributed by atoms with Gasteiger partial charge in [0.15, 0.2) is 0 Å². The summed E-state index contributed by atoms with van der Waals surface area (Å²) < 4.78 is 0.991. The molecule has 3 N–H and O–H groups in total. The Labute approximate surface area is 243 Å². The van der Waals surface area contributed by atoms with Gasteiger partial charge in [-0.1, -0.05) is 64.1 Å². The van der Waals surface area contributed by atoms with Crippen molar-refractivity contribution < 1.29 is 19.5 Å². The Hall–Kier alpha value is -4.39. The largest absolute Gasteiger partial charge is 0.478 e. The van der Waals surface area contributed by atoms with Crippen LogP contribution in [0.25, 0.3) is 16.5 Å². The lowest BCUT2D eigenvalue weighted by Gasteiger charge is -2.22. The number of carboxylic acid groups (broad SMARTS) is 1. The number of ketones is 1. The van der Waals surface area contributed by atoms with E-state index in [4.69, 9.17) is 5.11 Å². The Morgan fingerprint density at radius 1 is 0.975 bits per heavy atom. The molecular weight excluding hydrogens is 590 g/mol. The number of allylic oxidation sites excluding steroid dienone is 1. The molecule has 0 atom stereocenters. The van der Waals surface area contributed by atoms with Crippen molar-refractivity contribution in [2.24, 2.45) is 0 Å². The van der Waals surface area contributed by atoms with Gasteiger partial charge in [0.1, 0.15) is 11.6 Å². The number of hydrogen-bond donors (Lipinski definition) is 3. The first-order valence-corrected chi connectivity index (χ1v) is 14.0. The second-order valence-corrected chi connectivity index (χ2v) is 11.1. The van der Waals surface area contributed by atoms with Crippen LogP contribution in [0.15, 0.2) is 98.7 Å². The van der Waals surface area contributed by atoms with E-state index in [1.165, 1.54) is 12.1 Å². The zero-order valence-corrected chi connectivity index (χ0v) is 23.4. The highest BCUT2D eigenvalue weighted by Gasteiger charge is 2.28. The fraction of sp³-hybridized carbons (Fsp3) is 0.0968. The van der Waals surface area contributed by atoms with E-state index in [0.717, 1.165) is 30.6 Å². The molecular formula is C31H22BrN3O4S. The van der Waals surface area contributed by atoms with Crippen LogP contribution in [0.5, 0.6) is 0 Å². The maximum absolute atomic E-state index is 13.3. The van der Waals surface area contributed by atoms with Gasteiger partial charge in [-0.15, -0.1) is 0 Å². The third kappa shape index (κ3) is 5.64. The van der Waals surface area contributed by atoms with Crippen molar-refractivity contribution in [2.75, 3.05) is 6.54 Å². The number of amides is 1. The minimum absolute atomic E-state index is 0.0132. The highest BCUT2D eigenvalue weighted by molar-refractivity contribution is 9.10. The maximum Gasteiger partial charge on any atom is 0.335 e. The Balaban J connectivity index is 1.34. The Kier molecular flexibility index (Phi) is 8.01. The van der Waals surface area contributed by atoms with E-state index in [0.29, 0.717) is 16.8 Å². The van der Waals surface area contributed by atoms with Crippen molar-refractivity contribution in [1.82, 2.24) is 10.6 Å². The first-order valence-electron chi connectivity index (χ1n) is 12.4. The summed E-state index contributed by atoms with van der Waals surface area (Å²) in [5.41, 5.74) is 2.48. The molecule has 0 radical (unpaired) electrons. The average Bonchev–Trinajstić information content (AvgIpc) is 2.96. The molecule has 1 aliphatic rings. The summed E-state index contributed by atoms with van der Waals surface area (Å²) in [5.74, 6) is -1.63. The molecule has 0 spiro atoms. The van der Waals surface area contributed by atoms with Crippen LogP contribution in [0.3, 0.4) is 0 Å². The normalized spacial score (nSPS) is 12.2. The molecule has 40 heavy (non-hydrogen) atoms. The lowest BCUT2D eigenvalue weighted by Crippen LogP contribution is -2.28. The SMILES string of the molecule is N#CC1=C(NCCC(=O)NCc2cccc(C(=O)O)c2)c2ccc(Sc3ccc(Br)cc3)c3cccc(c23)C1=O. The molecule has 198 valence electrons. The zero-order chi connectivity index (χ0) is 28.2. The van der Waals surface area contributed by atoms with Gasteiger partial charge >= 0.3 is 5.97 Å². The topological polar surface area (TPSA) is 119 Å². The number of carbonyl (C=O) groups is 3. The van der Waals surface area contributed by atoms with E-state index in [1.54, 1.807) is 30.0 Å². The molecule has 1 amide bonds. The Morgan fingerprint density at radius 3 is 2.50 bits per heavy atom. The van der Waals surface area contributed by atoms with Crippen LogP contribution in [0.4, 0.5) is 0 Å². The van der Waals surface area contributed by atoms with Crippen molar-refractivity contribution in [3.63, 3.8) is 0 Å². The highest BCUT2D eigenvalue weighted by Crippen LogP contribution is 2.41. The lowest BCUT2D eigenvalue weighted by molar-refractivity contribution is -0.121. The van der Waals surface area contributed by atoms with E-state index in [2.05, 4.69) is 32.6 Å². The number of nitrogens with zero attached hydrogens (tertiary/aromatic N) is 1. The number of halogens is 1. The van der Waals surface area contributed by atoms with Gasteiger partial charge < -0.3 is 15.7 Å². The van der Waals surface area contributed by atoms with Gasteiger partial charge in [0, 0.05) is 50.3 Å². The van der Waals surface area contributed by atoms with Gasteiger partial charge in [-0.25, -0.2) is 4.79 Å². The summed E-state index contributed by atoms with van der Waals surface area (Å²) in [6.07, 6.45) is 0.0946. The second kappa shape index (κ2) is 11.8. The Bertz CT molecular complexity index is 1740. The van der Waals surface area contributed by atoms with E-state index in [9.17, 15) is 19.6 Å². The van der Waals surface area contributed by atoms with E-state index in [-0.39, 0.29) is 42.3 Å². The van der Waals surface area contributed by atoms with Crippen molar-refractivity contribution in [2.45, 2.75) is 22.8 Å². The van der Waals surface area contributed by atoms with Crippen molar-refractivity contribution in [1.29, 1.82) is 5.26 Å². The number of Topliss-reactive ketones (excluding diaryl/α,β-unsaturated/α-hetero) is 1. The van der Waals surface area contributed by atoms with Crippen LogP contribution in [0, 0.1) is 11.3 Å². The molecule has 4 aromatic carbocycles. The molecule has 0 saturated heterocycles. The minimum Gasteiger partial charge on any atom is -0.478 e. The molecule has 0 saturated carbocycles. The predicted octanol–water partition coefficient (Wildman–Crippen LogP) is 6.18. The molecule has 7 nitrogen and oxygen atoms in total. The number of nitrogens with one attached hydrogen (secondary N) is 2. The third-order valence-corrected chi connectivity index (χ3v) is 8.07. The van der Waals surface area contributed by atoms with Crippen LogP contribution < -0.4 is 10.6 Å². The van der Waals surface area contributed by atoms with Gasteiger partial charge in [-0.05, 0) is 53.4 Å². The molecule has 5 rings (SSSR count). The van der Waals surface area contributed by atoms with E-state index < -0.39 is 5.97 Å². The van der Waals surface area contributed by atoms with Crippen LogP contribution in [-0.4, -0.2) is 29.3 Å². The first kappa shape index (κ1) is 27.2. The summed E-state index contributed by atoms with van der Waals surface area (Å²) in [6, 6.07) is 25.9. The standard InChI is InChI=1S/C31H22BrN3O4S/c32-20-7-9-21(10-8-20)40-26-12-11-23-28-22(26)5-2-6-24(28)30(37)25(16-33)29(23)34-14-13-27(36)35-17-18-3-1-4-19(15-18)31(38)39/h1-12,15,34H,13-14,17H2,(H,35,36)(H,38,39). The van der Waals surface area contributed by atoms with E-state index >= 15 is 0 Å². The summed E-state index contributed by atoms with van der Waals surface area (Å²) >= 11 is 5.05. The van der Waals surface area contributed by atoms with Crippen LogP contribution >= 0.6 is 27.7 Å². The third-order valence-electron chi connectivity index (χ3n) is 6.46. The average molecular weight is 613 g/mol. The van der Waals surface area contributed by atoms with Crippen molar-refractivity contribution in [3.8, 4) is 6.07 Å². The number of nitriles is 1. The van der Waals surface area contributed by atoms with Gasteiger partial charge in [0.05, 0.1) is 11.3 Å². The van der Waals surface area contributed by atoms with Crippen LogP contribution in [0.1, 0.15) is 38.3 Å². The molecule has 4 aromatic rings. The number of rotatable bonds is 9. The molecule has 0 fully saturated rings. The second-order valence-electron chi connectivity index (χ2n) is 9.05. The summed E-state index contributed by atoms with van der Waals surface area (Å²) in [7, 11) is 0. The van der Waals surface area contributed by atoms with Crippen molar-refractivity contribution >= 4 is 61.8 Å². The fourth-order valence-electron chi connectivity index (χ4n) is 4.57.